The Kier molecular flexibility index (Phi) is 6.19. The number of likely N-dealkylation sites (tertiary alicyclic amines) is 1. The van der Waals surface area contributed by atoms with Crippen molar-refractivity contribution >= 4 is 23.6 Å². The largest absolute Gasteiger partial charge is 0.389 e. The number of rotatable bonds is 5. The van der Waals surface area contributed by atoms with E-state index in [0.29, 0.717) is 18.5 Å². The van der Waals surface area contributed by atoms with E-state index in [1.165, 1.54) is 11.8 Å². The van der Waals surface area contributed by atoms with E-state index in [9.17, 15) is 14.7 Å². The van der Waals surface area contributed by atoms with Gasteiger partial charge in [-0.05, 0) is 30.7 Å². The SMILES string of the molecule is O=C(N[C@@H]1CCN(C(=O)CSc2ccccn2)C[C@H]1O)c1ccncc1. The van der Waals surface area contributed by atoms with Crippen molar-refractivity contribution in [2.75, 3.05) is 18.8 Å². The van der Waals surface area contributed by atoms with Gasteiger partial charge in [0.2, 0.25) is 5.91 Å². The van der Waals surface area contributed by atoms with E-state index in [1.54, 1.807) is 35.6 Å². The van der Waals surface area contributed by atoms with Gasteiger partial charge in [-0.3, -0.25) is 14.6 Å². The quantitative estimate of drug-likeness (QED) is 0.759. The number of carbonyl (C=O) groups is 2. The highest BCUT2D eigenvalue weighted by Crippen LogP contribution is 2.17. The van der Waals surface area contributed by atoms with Crippen LogP contribution in [-0.2, 0) is 4.79 Å². The zero-order valence-electron chi connectivity index (χ0n) is 14.1. The van der Waals surface area contributed by atoms with E-state index in [-0.39, 0.29) is 30.2 Å². The zero-order chi connectivity index (χ0) is 18.4. The first-order valence-electron chi connectivity index (χ1n) is 8.34. The molecule has 2 N–H and O–H groups in total. The van der Waals surface area contributed by atoms with Gasteiger partial charge in [0.15, 0.2) is 0 Å². The molecule has 8 heteroatoms. The number of aliphatic hydroxyl groups excluding tert-OH is 1. The van der Waals surface area contributed by atoms with Crippen molar-refractivity contribution in [1.29, 1.82) is 0 Å². The second-order valence-electron chi connectivity index (χ2n) is 5.97. The summed E-state index contributed by atoms with van der Waals surface area (Å²) in [7, 11) is 0. The lowest BCUT2D eigenvalue weighted by molar-refractivity contribution is -0.131. The molecule has 0 aromatic carbocycles. The molecule has 1 fully saturated rings. The van der Waals surface area contributed by atoms with Crippen molar-refractivity contribution in [3.8, 4) is 0 Å². The van der Waals surface area contributed by atoms with Crippen molar-refractivity contribution in [2.24, 2.45) is 0 Å². The molecule has 0 aliphatic carbocycles. The third-order valence-electron chi connectivity index (χ3n) is 4.17. The summed E-state index contributed by atoms with van der Waals surface area (Å²) in [6.45, 7) is 0.711. The Morgan fingerprint density at radius 1 is 1.23 bits per heavy atom. The maximum atomic E-state index is 12.3. The summed E-state index contributed by atoms with van der Waals surface area (Å²) >= 11 is 1.37. The molecule has 26 heavy (non-hydrogen) atoms. The molecule has 2 atom stereocenters. The Labute approximate surface area is 155 Å². The fraction of sp³-hybridized carbons (Fsp3) is 0.333. The van der Waals surface area contributed by atoms with Crippen molar-refractivity contribution in [3.63, 3.8) is 0 Å². The molecular weight excluding hydrogens is 352 g/mol. The van der Waals surface area contributed by atoms with Crippen molar-refractivity contribution in [3.05, 3.63) is 54.5 Å². The Bertz CT molecular complexity index is 745. The highest BCUT2D eigenvalue weighted by atomic mass is 32.2. The number of carbonyl (C=O) groups excluding carboxylic acids is 2. The third-order valence-corrected chi connectivity index (χ3v) is 5.10. The number of aromatic nitrogens is 2. The van der Waals surface area contributed by atoms with Crippen LogP contribution in [0.2, 0.25) is 0 Å². The van der Waals surface area contributed by atoms with E-state index in [2.05, 4.69) is 15.3 Å². The molecular formula is C18H20N4O3S. The molecule has 0 bridgehead atoms. The first kappa shape index (κ1) is 18.3. The molecule has 2 aromatic rings. The number of β-amino-alcohol motifs (C(OH)–C–C–N with tert-alkyl or cyclic N) is 1. The van der Waals surface area contributed by atoms with Gasteiger partial charge in [-0.15, -0.1) is 0 Å². The van der Waals surface area contributed by atoms with Crippen LogP contribution >= 0.6 is 11.8 Å². The lowest BCUT2D eigenvalue weighted by atomic mass is 10.0. The van der Waals surface area contributed by atoms with Gasteiger partial charge in [0.1, 0.15) is 0 Å². The molecule has 3 heterocycles. The molecule has 1 saturated heterocycles. The van der Waals surface area contributed by atoms with Gasteiger partial charge in [0.25, 0.3) is 5.91 Å². The van der Waals surface area contributed by atoms with E-state index in [1.807, 2.05) is 18.2 Å². The summed E-state index contributed by atoms with van der Waals surface area (Å²) in [6, 6.07) is 8.43. The number of hydrogen-bond donors (Lipinski definition) is 2. The van der Waals surface area contributed by atoms with E-state index < -0.39 is 6.10 Å². The number of hydrogen-bond acceptors (Lipinski definition) is 6. The topological polar surface area (TPSA) is 95.4 Å². The summed E-state index contributed by atoms with van der Waals surface area (Å²) in [6.07, 6.45) is 4.50. The summed E-state index contributed by atoms with van der Waals surface area (Å²) in [5.74, 6) is -0.0156. The number of nitrogens with one attached hydrogen (secondary N) is 1. The van der Waals surface area contributed by atoms with Crippen molar-refractivity contribution in [2.45, 2.75) is 23.6 Å². The van der Waals surface area contributed by atoms with E-state index in [4.69, 9.17) is 0 Å². The van der Waals surface area contributed by atoms with Gasteiger partial charge in [-0.2, -0.15) is 0 Å². The minimum Gasteiger partial charge on any atom is -0.389 e. The monoisotopic (exact) mass is 372 g/mol. The molecule has 136 valence electrons. The zero-order valence-corrected chi connectivity index (χ0v) is 14.9. The second kappa shape index (κ2) is 8.77. The van der Waals surface area contributed by atoms with Gasteiger partial charge >= 0.3 is 0 Å². The fourth-order valence-electron chi connectivity index (χ4n) is 2.74. The highest BCUT2D eigenvalue weighted by molar-refractivity contribution is 7.99. The maximum absolute atomic E-state index is 12.3. The average molecular weight is 372 g/mol. The van der Waals surface area contributed by atoms with Gasteiger partial charge in [0, 0.05) is 37.2 Å². The van der Waals surface area contributed by atoms with Crippen LogP contribution in [0.25, 0.3) is 0 Å². The Morgan fingerprint density at radius 2 is 2.04 bits per heavy atom. The second-order valence-corrected chi connectivity index (χ2v) is 6.96. The van der Waals surface area contributed by atoms with E-state index in [0.717, 1.165) is 5.03 Å². The molecule has 2 aromatic heterocycles. The van der Waals surface area contributed by atoms with Crippen LogP contribution in [0.5, 0.6) is 0 Å². The molecule has 3 rings (SSSR count). The molecule has 1 aliphatic rings. The van der Waals surface area contributed by atoms with Gasteiger partial charge in [0.05, 0.1) is 22.9 Å². The van der Waals surface area contributed by atoms with Crippen molar-refractivity contribution < 1.29 is 14.7 Å². The standard InChI is InChI=1S/C18H20N4O3S/c23-15-11-22(17(24)12-26-16-3-1-2-7-20-16)10-6-14(15)21-18(25)13-4-8-19-9-5-13/h1-5,7-9,14-15,23H,6,10-12H2,(H,21,25)/t14-,15-/m1/s1. The van der Waals surface area contributed by atoms with Crippen LogP contribution < -0.4 is 5.32 Å². The highest BCUT2D eigenvalue weighted by Gasteiger charge is 2.31. The van der Waals surface area contributed by atoms with Crippen LogP contribution in [0.15, 0.2) is 53.9 Å². The molecule has 0 saturated carbocycles. The Hall–Kier alpha value is -2.45. The van der Waals surface area contributed by atoms with E-state index >= 15 is 0 Å². The number of nitrogens with zero attached hydrogens (tertiary/aromatic N) is 3. The van der Waals surface area contributed by atoms with Crippen LogP contribution in [-0.4, -0.2) is 62.8 Å². The van der Waals surface area contributed by atoms with Gasteiger partial charge in [-0.1, -0.05) is 17.8 Å². The average Bonchev–Trinajstić information content (AvgIpc) is 2.69. The van der Waals surface area contributed by atoms with Gasteiger partial charge in [-0.25, -0.2) is 4.98 Å². The molecule has 0 radical (unpaired) electrons. The minimum absolute atomic E-state index is 0.0430. The predicted octanol–water partition coefficient (Wildman–Crippen LogP) is 0.960. The Balaban J connectivity index is 1.48. The Morgan fingerprint density at radius 3 is 2.73 bits per heavy atom. The number of amides is 2. The summed E-state index contributed by atoms with van der Waals surface area (Å²) in [4.78, 5) is 34.2. The molecule has 1 aliphatic heterocycles. The number of pyridine rings is 2. The molecule has 7 nitrogen and oxygen atoms in total. The van der Waals surface area contributed by atoms with Gasteiger partial charge < -0.3 is 15.3 Å². The summed E-state index contributed by atoms with van der Waals surface area (Å²) in [5.41, 5.74) is 0.498. The fourth-order valence-corrected chi connectivity index (χ4v) is 3.51. The van der Waals surface area contributed by atoms with Crippen LogP contribution in [0.4, 0.5) is 0 Å². The first-order valence-corrected chi connectivity index (χ1v) is 9.32. The van der Waals surface area contributed by atoms with Crippen LogP contribution in [0.3, 0.4) is 0 Å². The summed E-state index contributed by atoms with van der Waals surface area (Å²) < 4.78 is 0. The maximum Gasteiger partial charge on any atom is 0.251 e. The van der Waals surface area contributed by atoms with Crippen LogP contribution in [0, 0.1) is 0 Å². The molecule has 2 amide bonds. The third kappa shape index (κ3) is 4.80. The number of aliphatic hydroxyl groups is 1. The molecule has 0 unspecified atom stereocenters. The lowest BCUT2D eigenvalue weighted by Crippen LogP contribution is -2.55. The molecule has 0 spiro atoms. The lowest BCUT2D eigenvalue weighted by Gasteiger charge is -2.36. The smallest absolute Gasteiger partial charge is 0.251 e. The van der Waals surface area contributed by atoms with Crippen molar-refractivity contribution in [1.82, 2.24) is 20.2 Å². The first-order chi connectivity index (χ1) is 12.6. The number of piperidine rings is 1. The van der Waals surface area contributed by atoms with Crippen LogP contribution in [0.1, 0.15) is 16.8 Å². The predicted molar refractivity (Wildman–Crippen MR) is 97.7 cm³/mol. The number of thioether (sulfide) groups is 1. The summed E-state index contributed by atoms with van der Waals surface area (Å²) in [5, 5.41) is 14.0. The normalized spacial score (nSPS) is 19.8. The minimum atomic E-state index is -0.793.